The molecule has 154 valence electrons. The van der Waals surface area contributed by atoms with Crippen molar-refractivity contribution >= 4 is 16.5 Å². The molecule has 1 saturated carbocycles. The van der Waals surface area contributed by atoms with E-state index >= 15 is 0 Å². The van der Waals surface area contributed by atoms with Crippen LogP contribution in [0.2, 0.25) is 0 Å². The maximum atomic E-state index is 14.5. The van der Waals surface area contributed by atoms with Gasteiger partial charge < -0.3 is 15.3 Å². The Morgan fingerprint density at radius 2 is 2.10 bits per heavy atom. The van der Waals surface area contributed by atoms with Crippen LogP contribution in [0.1, 0.15) is 19.3 Å². The summed E-state index contributed by atoms with van der Waals surface area (Å²) in [5.74, 6) is 0.132. The van der Waals surface area contributed by atoms with Crippen LogP contribution in [-0.2, 0) is 7.05 Å². The molecular formula is C20H25FN6OS. The number of rotatable bonds is 5. The molecule has 0 aliphatic heterocycles. The van der Waals surface area contributed by atoms with Crippen LogP contribution in [0.4, 0.5) is 9.52 Å². The molecule has 7 nitrogen and oxygen atoms in total. The summed E-state index contributed by atoms with van der Waals surface area (Å²) in [7, 11) is 5.64. The molecule has 1 aliphatic rings. The number of phenolic OH excluding ortho intramolecular Hbond substituents is 1. The largest absolute Gasteiger partial charge is 0.507 e. The average molecular weight is 417 g/mol. The predicted molar refractivity (Wildman–Crippen MR) is 113 cm³/mol. The van der Waals surface area contributed by atoms with Crippen molar-refractivity contribution in [2.75, 3.05) is 19.0 Å². The third kappa shape index (κ3) is 3.97. The Morgan fingerprint density at radius 3 is 2.79 bits per heavy atom. The number of aromatic hydroxyl groups is 1. The highest BCUT2D eigenvalue weighted by Crippen LogP contribution is 2.38. The van der Waals surface area contributed by atoms with Gasteiger partial charge in [0.1, 0.15) is 11.9 Å². The molecule has 29 heavy (non-hydrogen) atoms. The van der Waals surface area contributed by atoms with Crippen LogP contribution in [0.5, 0.6) is 5.75 Å². The van der Waals surface area contributed by atoms with E-state index in [1.54, 1.807) is 16.9 Å². The summed E-state index contributed by atoms with van der Waals surface area (Å²) >= 11 is 1.36. The summed E-state index contributed by atoms with van der Waals surface area (Å²) in [6.07, 6.45) is 4.88. The molecule has 0 bridgehead atoms. The molecule has 2 aromatic heterocycles. The number of nitrogens with one attached hydrogen (secondary N) is 1. The zero-order chi connectivity index (χ0) is 20.5. The lowest BCUT2D eigenvalue weighted by Gasteiger charge is -2.37. The van der Waals surface area contributed by atoms with Crippen LogP contribution in [-0.4, -0.2) is 57.4 Å². The number of hydrogen-bond donors (Lipinski definition) is 2. The highest BCUT2D eigenvalue weighted by Gasteiger charge is 2.34. The van der Waals surface area contributed by atoms with E-state index in [0.29, 0.717) is 28.2 Å². The third-order valence-corrected chi connectivity index (χ3v) is 6.67. The molecule has 0 spiro atoms. The molecule has 2 N–H and O–H groups in total. The molecule has 3 aromatic rings. The van der Waals surface area contributed by atoms with E-state index in [1.165, 1.54) is 11.3 Å². The maximum absolute atomic E-state index is 14.5. The van der Waals surface area contributed by atoms with Gasteiger partial charge in [0.15, 0.2) is 5.01 Å². The number of nitrogens with zero attached hydrogens (tertiary/aromatic N) is 5. The second kappa shape index (κ2) is 8.08. The van der Waals surface area contributed by atoms with E-state index in [9.17, 15) is 9.50 Å². The lowest BCUT2D eigenvalue weighted by atomic mass is 9.89. The van der Waals surface area contributed by atoms with Gasteiger partial charge in [-0.1, -0.05) is 17.4 Å². The van der Waals surface area contributed by atoms with Gasteiger partial charge in [-0.05, 0) is 44.0 Å². The van der Waals surface area contributed by atoms with Crippen molar-refractivity contribution in [1.82, 2.24) is 25.3 Å². The average Bonchev–Trinajstić information content (AvgIpc) is 3.37. The van der Waals surface area contributed by atoms with Crippen molar-refractivity contribution < 1.29 is 9.50 Å². The van der Waals surface area contributed by atoms with E-state index in [-0.39, 0.29) is 11.8 Å². The second-order valence-electron chi connectivity index (χ2n) is 7.52. The van der Waals surface area contributed by atoms with Gasteiger partial charge in [-0.15, -0.1) is 10.2 Å². The quantitative estimate of drug-likeness (QED) is 0.665. The first-order valence-corrected chi connectivity index (χ1v) is 10.5. The van der Waals surface area contributed by atoms with Crippen molar-refractivity contribution in [1.29, 1.82) is 0 Å². The van der Waals surface area contributed by atoms with E-state index < -0.39 is 6.17 Å². The first-order chi connectivity index (χ1) is 14.0. The van der Waals surface area contributed by atoms with E-state index in [4.69, 9.17) is 0 Å². The minimum absolute atomic E-state index is 0.132. The molecule has 3 atom stereocenters. The van der Waals surface area contributed by atoms with Crippen LogP contribution in [0.15, 0.2) is 30.6 Å². The number of alkyl halides is 1. The van der Waals surface area contributed by atoms with Crippen LogP contribution >= 0.6 is 11.3 Å². The van der Waals surface area contributed by atoms with Gasteiger partial charge in [0.05, 0.1) is 17.8 Å². The zero-order valence-corrected chi connectivity index (χ0v) is 17.5. The Hall–Kier alpha value is -2.52. The second-order valence-corrected chi connectivity index (χ2v) is 8.47. The molecule has 9 heteroatoms. The third-order valence-electron chi connectivity index (χ3n) is 5.62. The van der Waals surface area contributed by atoms with Crippen molar-refractivity contribution in [3.05, 3.63) is 30.6 Å². The standard InChI is InChI=1S/C20H25FN6OS/c1-22-14-5-7-16(21)17(9-14)27(3)20-25-24-19(29-20)15-6-4-12(8-18(15)28)13-10-23-26(2)11-13/h4,6,8,10-11,14,16-17,22,28H,5,7,9H2,1-3H3/t14?,16?,17-/m0/s1. The Bertz CT molecular complexity index is 989. The molecule has 0 radical (unpaired) electrons. The minimum Gasteiger partial charge on any atom is -0.507 e. The number of anilines is 1. The molecule has 4 rings (SSSR count). The van der Waals surface area contributed by atoms with Crippen LogP contribution in [0.3, 0.4) is 0 Å². The Labute approximate surface area is 173 Å². The smallest absolute Gasteiger partial charge is 0.208 e. The van der Waals surface area contributed by atoms with Crippen molar-refractivity contribution in [3.63, 3.8) is 0 Å². The number of aryl methyl sites for hydroxylation is 1. The van der Waals surface area contributed by atoms with Crippen LogP contribution < -0.4 is 10.2 Å². The molecule has 1 fully saturated rings. The molecule has 1 aromatic carbocycles. The highest BCUT2D eigenvalue weighted by atomic mass is 32.1. The fraction of sp³-hybridized carbons (Fsp3) is 0.450. The summed E-state index contributed by atoms with van der Waals surface area (Å²) in [6.45, 7) is 0. The van der Waals surface area contributed by atoms with Gasteiger partial charge in [0.25, 0.3) is 0 Å². The van der Waals surface area contributed by atoms with Crippen LogP contribution in [0, 0.1) is 0 Å². The van der Waals surface area contributed by atoms with Crippen molar-refractivity contribution in [2.24, 2.45) is 7.05 Å². The van der Waals surface area contributed by atoms with Gasteiger partial charge in [0, 0.05) is 31.9 Å². The topological polar surface area (TPSA) is 79.1 Å². The van der Waals surface area contributed by atoms with Gasteiger partial charge >= 0.3 is 0 Å². The SMILES string of the molecule is CNC1CCC(F)[C@@H](N(C)c2nnc(-c3ccc(-c4cnn(C)c4)cc3O)s2)C1. The fourth-order valence-electron chi connectivity index (χ4n) is 3.84. The first-order valence-electron chi connectivity index (χ1n) is 9.66. The van der Waals surface area contributed by atoms with Crippen molar-refractivity contribution in [2.45, 2.75) is 37.5 Å². The van der Waals surface area contributed by atoms with Crippen LogP contribution in [0.25, 0.3) is 21.7 Å². The number of phenols is 1. The van der Waals surface area contributed by atoms with Gasteiger partial charge in [-0.25, -0.2) is 4.39 Å². The summed E-state index contributed by atoms with van der Waals surface area (Å²) in [5.41, 5.74) is 2.42. The van der Waals surface area contributed by atoms with Crippen molar-refractivity contribution in [3.8, 4) is 27.4 Å². The lowest BCUT2D eigenvalue weighted by molar-refractivity contribution is 0.189. The van der Waals surface area contributed by atoms with E-state index in [1.807, 2.05) is 44.4 Å². The number of aromatic nitrogens is 4. The summed E-state index contributed by atoms with van der Waals surface area (Å²) in [4.78, 5) is 1.89. The first kappa shape index (κ1) is 19.8. The molecular weight excluding hydrogens is 391 g/mol. The number of benzene rings is 1. The molecule has 2 heterocycles. The minimum atomic E-state index is -0.885. The maximum Gasteiger partial charge on any atom is 0.208 e. The van der Waals surface area contributed by atoms with Gasteiger partial charge in [-0.3, -0.25) is 4.68 Å². The number of halogens is 1. The normalized spacial score (nSPS) is 22.0. The summed E-state index contributed by atoms with van der Waals surface area (Å²) in [5, 5.41) is 27.7. The number of hydrogen-bond acceptors (Lipinski definition) is 7. The Balaban J connectivity index is 1.55. The van der Waals surface area contributed by atoms with E-state index in [0.717, 1.165) is 24.0 Å². The van der Waals surface area contributed by atoms with E-state index in [2.05, 4.69) is 20.6 Å². The molecule has 2 unspecified atom stereocenters. The predicted octanol–water partition coefficient (Wildman–Crippen LogP) is 3.23. The Kier molecular flexibility index (Phi) is 5.51. The highest BCUT2D eigenvalue weighted by molar-refractivity contribution is 7.18. The van der Waals surface area contributed by atoms with Gasteiger partial charge in [0.2, 0.25) is 5.13 Å². The lowest BCUT2D eigenvalue weighted by Crippen LogP contribution is -2.48. The summed E-state index contributed by atoms with van der Waals surface area (Å²) < 4.78 is 16.3. The monoisotopic (exact) mass is 416 g/mol. The van der Waals surface area contributed by atoms with Gasteiger partial charge in [-0.2, -0.15) is 5.10 Å². The molecule has 1 aliphatic carbocycles. The fourth-order valence-corrected chi connectivity index (χ4v) is 4.74. The molecule has 0 amide bonds. The Morgan fingerprint density at radius 1 is 1.28 bits per heavy atom. The zero-order valence-electron chi connectivity index (χ0n) is 16.7. The molecule has 0 saturated heterocycles. The summed E-state index contributed by atoms with van der Waals surface area (Å²) in [6, 6.07) is 5.53.